The second-order valence-corrected chi connectivity index (χ2v) is 11.8. The Morgan fingerprint density at radius 1 is 1.27 bits per heavy atom. The predicted molar refractivity (Wildman–Crippen MR) is 119 cm³/mol. The summed E-state index contributed by atoms with van der Waals surface area (Å²) in [6.45, 7) is 0.349. The number of amides is 1. The second-order valence-electron chi connectivity index (χ2n) is 7.34. The number of phosphoric acid groups is 3. The molecule has 0 radical (unpaired) electrons. The number of aliphatic hydroxyl groups excluding tert-OH is 1. The van der Waals surface area contributed by atoms with E-state index in [4.69, 9.17) is 25.2 Å². The summed E-state index contributed by atoms with van der Waals surface area (Å²) >= 11 is 0. The monoisotopic (exact) mass is 592 g/mol. The minimum Gasteiger partial charge on any atom is -0.390 e. The van der Waals surface area contributed by atoms with Gasteiger partial charge in [0.1, 0.15) is 17.9 Å². The third-order valence-electron chi connectivity index (χ3n) is 4.29. The van der Waals surface area contributed by atoms with Gasteiger partial charge in [-0.1, -0.05) is 11.8 Å². The Kier molecular flexibility index (Phi) is 10.3. The normalized spacial score (nSPS) is 23.8. The number of nitrogens with two attached hydrogens (primary N) is 1. The first-order valence-corrected chi connectivity index (χ1v) is 14.4. The van der Waals surface area contributed by atoms with Crippen LogP contribution < -0.4 is 22.3 Å². The van der Waals surface area contributed by atoms with E-state index >= 15 is 0 Å². The Balaban J connectivity index is 2.08. The van der Waals surface area contributed by atoms with Gasteiger partial charge < -0.3 is 40.5 Å². The smallest absolute Gasteiger partial charge is 0.390 e. The lowest BCUT2D eigenvalue weighted by atomic mass is 10.2. The van der Waals surface area contributed by atoms with Gasteiger partial charge in [0.15, 0.2) is 0 Å². The van der Waals surface area contributed by atoms with Crippen molar-refractivity contribution in [3.63, 3.8) is 0 Å². The Morgan fingerprint density at radius 2 is 1.92 bits per heavy atom. The van der Waals surface area contributed by atoms with Crippen molar-refractivity contribution in [2.75, 3.05) is 13.2 Å². The number of hydrogen-bond acceptors (Lipinski definition) is 12. The molecule has 22 heteroatoms. The van der Waals surface area contributed by atoms with Crippen LogP contribution >= 0.6 is 23.5 Å². The topological polar surface area (TPSA) is 299 Å². The fraction of sp³-hybridized carbons (Fsp3) is 0.533. The number of aromatic amines is 1. The van der Waals surface area contributed by atoms with Gasteiger partial charge in [0.05, 0.1) is 25.3 Å². The first-order chi connectivity index (χ1) is 16.9. The molecule has 2 unspecified atom stereocenters. The molecule has 0 bridgehead atoms. The van der Waals surface area contributed by atoms with Gasteiger partial charge in [-0.25, -0.2) is 18.5 Å². The number of aliphatic hydroxyl groups is 1. The van der Waals surface area contributed by atoms with Crippen LogP contribution in [0, 0.1) is 11.8 Å². The van der Waals surface area contributed by atoms with Gasteiger partial charge in [0, 0.05) is 12.6 Å². The van der Waals surface area contributed by atoms with Crippen molar-refractivity contribution in [3.05, 3.63) is 32.6 Å². The van der Waals surface area contributed by atoms with Gasteiger partial charge in [-0.2, -0.15) is 8.62 Å². The molecule has 0 aromatic carbocycles. The maximum Gasteiger partial charge on any atom is 0.490 e. The molecule has 1 aromatic rings. The fourth-order valence-corrected chi connectivity index (χ4v) is 5.76. The third kappa shape index (κ3) is 10.0. The molecule has 0 saturated carbocycles. The second kappa shape index (κ2) is 12.2. The van der Waals surface area contributed by atoms with Crippen molar-refractivity contribution < 1.29 is 61.1 Å². The molecular formula is C15H23N4O15P3. The molecule has 208 valence electrons. The van der Waals surface area contributed by atoms with Gasteiger partial charge >= 0.3 is 29.2 Å². The number of H-pyrrole nitrogens is 1. The first-order valence-electron chi connectivity index (χ1n) is 9.88. The molecule has 0 spiro atoms. The van der Waals surface area contributed by atoms with Crippen molar-refractivity contribution >= 4 is 29.4 Å². The summed E-state index contributed by atoms with van der Waals surface area (Å²) in [7, 11) is -16.8. The van der Waals surface area contributed by atoms with E-state index in [-0.39, 0.29) is 18.5 Å². The minimum absolute atomic E-state index is 0.153. The summed E-state index contributed by atoms with van der Waals surface area (Å²) in [5.74, 6) is 4.46. The molecule has 2 heterocycles. The lowest BCUT2D eigenvalue weighted by Crippen LogP contribution is -2.38. The molecule has 1 aromatic heterocycles. The highest BCUT2D eigenvalue weighted by molar-refractivity contribution is 7.66. The Bertz CT molecular complexity index is 1320. The molecule has 1 saturated heterocycles. The molecule has 19 nitrogen and oxygen atoms in total. The molecule has 0 aliphatic carbocycles. The lowest BCUT2D eigenvalue weighted by Gasteiger charge is -2.19. The van der Waals surface area contributed by atoms with E-state index in [1.165, 1.54) is 6.92 Å². The van der Waals surface area contributed by atoms with Crippen molar-refractivity contribution in [3.8, 4) is 11.8 Å². The van der Waals surface area contributed by atoms with Gasteiger partial charge in [-0.05, 0) is 6.92 Å². The molecule has 1 aliphatic heterocycles. The Hall–Kier alpha value is -2.00. The summed E-state index contributed by atoms with van der Waals surface area (Å²) in [6.07, 6.45) is -3.32. The number of phosphoric ester groups is 1. The zero-order valence-electron chi connectivity index (χ0n) is 18.7. The number of aromatic nitrogens is 2. The Morgan fingerprint density at radius 3 is 2.51 bits per heavy atom. The summed E-state index contributed by atoms with van der Waals surface area (Å²) in [6, 6.07) is -0.775. The van der Waals surface area contributed by atoms with E-state index in [0.717, 1.165) is 10.8 Å². The number of nitrogens with zero attached hydrogens (tertiary/aromatic N) is 1. The summed E-state index contributed by atoms with van der Waals surface area (Å²) in [5.41, 5.74) is 3.38. The zero-order valence-corrected chi connectivity index (χ0v) is 21.4. The van der Waals surface area contributed by atoms with Crippen molar-refractivity contribution in [2.24, 2.45) is 5.73 Å². The van der Waals surface area contributed by atoms with Crippen LogP contribution in [0.15, 0.2) is 15.8 Å². The van der Waals surface area contributed by atoms with E-state index in [9.17, 15) is 38.1 Å². The molecule has 1 amide bonds. The van der Waals surface area contributed by atoms with E-state index in [1.54, 1.807) is 0 Å². The average molecular weight is 592 g/mol. The minimum atomic E-state index is -5.74. The van der Waals surface area contributed by atoms with E-state index in [1.807, 2.05) is 4.98 Å². The van der Waals surface area contributed by atoms with Gasteiger partial charge in [0.25, 0.3) is 5.56 Å². The van der Waals surface area contributed by atoms with Gasteiger partial charge in [-0.15, -0.1) is 0 Å². The highest BCUT2D eigenvalue weighted by atomic mass is 31.3. The third-order valence-corrected chi connectivity index (χ3v) is 8.09. The van der Waals surface area contributed by atoms with Crippen molar-refractivity contribution in [1.29, 1.82) is 0 Å². The standard InChI is InChI=1S/C15H23N4O15P3/c1-8(16)13(21)17-4-2-3-9-6-19(15(23)18-14(9)22)12-5-10(20)11(32-12)7-31-36(27,28)34-37(29,30)33-35(24,25)26/h6,8,10-12,20H,4-5,7,16H2,1H3,(H,17,21)(H,27,28)(H,29,30)(H,18,22,23)(H2,24,25,26)/t8-,10-,11+,12+/m0/s1. The summed E-state index contributed by atoms with van der Waals surface area (Å²) < 4.78 is 51.7. The zero-order chi connectivity index (χ0) is 28.2. The highest BCUT2D eigenvalue weighted by Gasteiger charge is 2.43. The maximum atomic E-state index is 12.2. The van der Waals surface area contributed by atoms with Gasteiger partial charge in [0.2, 0.25) is 5.91 Å². The Labute approximate surface area is 207 Å². The molecular weight excluding hydrogens is 569 g/mol. The van der Waals surface area contributed by atoms with Crippen LogP contribution in [-0.4, -0.2) is 71.5 Å². The highest BCUT2D eigenvalue weighted by Crippen LogP contribution is 2.66. The van der Waals surface area contributed by atoms with E-state index < -0.39 is 71.7 Å². The number of ether oxygens (including phenoxy) is 1. The molecule has 37 heavy (non-hydrogen) atoms. The summed E-state index contributed by atoms with van der Waals surface area (Å²) in [4.78, 5) is 73.4. The van der Waals surface area contributed by atoms with Crippen LogP contribution in [0.25, 0.3) is 0 Å². The number of carbonyl (C=O) groups is 1. The lowest BCUT2D eigenvalue weighted by molar-refractivity contribution is -0.121. The molecule has 1 fully saturated rings. The van der Waals surface area contributed by atoms with E-state index in [2.05, 4.69) is 30.3 Å². The van der Waals surface area contributed by atoms with Crippen LogP contribution in [-0.2, 0) is 36.4 Å². The fourth-order valence-electron chi connectivity index (χ4n) is 2.73. The summed E-state index contributed by atoms with van der Waals surface area (Å²) in [5, 5.41) is 12.6. The first kappa shape index (κ1) is 31.2. The number of carbonyl (C=O) groups excluding carboxylic acids is 1. The maximum absolute atomic E-state index is 12.2. The molecule has 6 atom stereocenters. The van der Waals surface area contributed by atoms with Crippen LogP contribution in [0.1, 0.15) is 25.1 Å². The molecule has 9 N–H and O–H groups in total. The SMILES string of the molecule is C[C@H](N)C(=O)NCC#Cc1cn([C@H]2C[C@H](O)[C@@H](COP(=O)(O)OP(=O)(O)OP(=O)(O)O)O2)c(=O)[nH]c1=O. The van der Waals surface area contributed by atoms with Crippen LogP contribution in [0.5, 0.6) is 0 Å². The van der Waals surface area contributed by atoms with Crippen LogP contribution in [0.2, 0.25) is 0 Å². The van der Waals surface area contributed by atoms with E-state index in [0.29, 0.717) is 0 Å². The van der Waals surface area contributed by atoms with Crippen molar-refractivity contribution in [1.82, 2.24) is 14.9 Å². The number of nitrogens with one attached hydrogen (secondary N) is 2. The quantitative estimate of drug-likeness (QED) is 0.102. The van der Waals surface area contributed by atoms with Crippen LogP contribution in [0.3, 0.4) is 0 Å². The van der Waals surface area contributed by atoms with Crippen molar-refractivity contribution in [2.45, 2.75) is 37.8 Å². The number of hydrogen-bond donors (Lipinski definition) is 8. The molecule has 1 aliphatic rings. The average Bonchev–Trinajstić information content (AvgIpc) is 3.08. The molecule has 2 rings (SSSR count). The largest absolute Gasteiger partial charge is 0.490 e. The van der Waals surface area contributed by atoms with Gasteiger partial charge in [-0.3, -0.25) is 23.7 Å². The predicted octanol–water partition coefficient (Wildman–Crippen LogP) is -2.66. The number of rotatable bonds is 10. The van der Waals surface area contributed by atoms with Crippen LogP contribution in [0.4, 0.5) is 0 Å².